The van der Waals surface area contributed by atoms with Crippen molar-refractivity contribution in [1.29, 1.82) is 0 Å². The van der Waals surface area contributed by atoms with Crippen LogP contribution in [-0.2, 0) is 9.59 Å². The topological polar surface area (TPSA) is 61.9 Å². The molecule has 160 valence electrons. The lowest BCUT2D eigenvalue weighted by Crippen LogP contribution is -2.51. The summed E-state index contributed by atoms with van der Waals surface area (Å²) in [6.45, 7) is 4.19. The van der Waals surface area contributed by atoms with Crippen LogP contribution in [0.25, 0.3) is 0 Å². The maximum Gasteiger partial charge on any atom is 0.234 e. The first-order valence-corrected chi connectivity index (χ1v) is 11.1. The van der Waals surface area contributed by atoms with Gasteiger partial charge < -0.3 is 15.0 Å². The number of carbonyl (C=O) groups is 2. The molecule has 1 aromatic carbocycles. The minimum Gasteiger partial charge on any atom is -0.492 e. The zero-order valence-electron chi connectivity index (χ0n) is 17.1. The Balaban J connectivity index is 1.27. The standard InChI is InChI=1S/C22H32ClN3O3/c23-19-6-8-20(9-7-19)29-15-10-24-21(27)17-25-11-13-26(14-12-25)22(28)16-18-4-2-1-3-5-18/h6-9,18H,1-5,10-17H2,(H,24,27). The Kier molecular flexibility index (Phi) is 8.62. The van der Waals surface area contributed by atoms with E-state index in [1.54, 1.807) is 24.3 Å². The molecule has 1 aliphatic carbocycles. The van der Waals surface area contributed by atoms with E-state index in [4.69, 9.17) is 16.3 Å². The van der Waals surface area contributed by atoms with Crippen molar-refractivity contribution in [3.05, 3.63) is 29.3 Å². The fourth-order valence-electron chi connectivity index (χ4n) is 4.07. The van der Waals surface area contributed by atoms with Crippen molar-refractivity contribution in [1.82, 2.24) is 15.1 Å². The van der Waals surface area contributed by atoms with E-state index in [9.17, 15) is 9.59 Å². The van der Waals surface area contributed by atoms with Gasteiger partial charge in [-0.05, 0) is 43.0 Å². The molecule has 3 rings (SSSR count). The first-order chi connectivity index (χ1) is 14.1. The fraction of sp³-hybridized carbons (Fsp3) is 0.636. The molecule has 0 atom stereocenters. The highest BCUT2D eigenvalue weighted by Crippen LogP contribution is 2.27. The lowest BCUT2D eigenvalue weighted by atomic mass is 9.86. The minimum atomic E-state index is -0.00770. The average Bonchev–Trinajstić information content (AvgIpc) is 2.74. The molecule has 0 spiro atoms. The first kappa shape index (κ1) is 21.9. The number of amides is 2. The lowest BCUT2D eigenvalue weighted by Gasteiger charge is -2.35. The Bertz CT molecular complexity index is 654. The molecule has 2 aliphatic rings. The second kappa shape index (κ2) is 11.4. The van der Waals surface area contributed by atoms with Gasteiger partial charge in [0.25, 0.3) is 0 Å². The summed E-state index contributed by atoms with van der Waals surface area (Å²) in [7, 11) is 0. The molecule has 0 bridgehead atoms. The Labute approximate surface area is 178 Å². The summed E-state index contributed by atoms with van der Waals surface area (Å²) < 4.78 is 5.57. The summed E-state index contributed by atoms with van der Waals surface area (Å²) >= 11 is 5.84. The van der Waals surface area contributed by atoms with Crippen LogP contribution in [0.4, 0.5) is 0 Å². The number of nitrogens with zero attached hydrogens (tertiary/aromatic N) is 2. The van der Waals surface area contributed by atoms with Crippen molar-refractivity contribution >= 4 is 23.4 Å². The number of halogens is 1. The molecule has 29 heavy (non-hydrogen) atoms. The van der Waals surface area contributed by atoms with Crippen molar-refractivity contribution in [2.45, 2.75) is 38.5 Å². The molecule has 2 amide bonds. The predicted octanol–water partition coefficient (Wildman–Crippen LogP) is 2.95. The van der Waals surface area contributed by atoms with Crippen LogP contribution in [0.5, 0.6) is 5.75 Å². The summed E-state index contributed by atoms with van der Waals surface area (Å²) in [5.74, 6) is 1.60. The lowest BCUT2D eigenvalue weighted by molar-refractivity contribution is -0.134. The number of hydrogen-bond acceptors (Lipinski definition) is 4. The molecular formula is C22H32ClN3O3. The molecule has 6 nitrogen and oxygen atoms in total. The highest BCUT2D eigenvalue weighted by atomic mass is 35.5. The third kappa shape index (κ3) is 7.52. The third-order valence-corrected chi connectivity index (χ3v) is 6.04. The summed E-state index contributed by atoms with van der Waals surface area (Å²) in [4.78, 5) is 28.7. The number of nitrogens with one attached hydrogen (secondary N) is 1. The summed E-state index contributed by atoms with van der Waals surface area (Å²) in [5, 5.41) is 3.56. The molecule has 1 saturated carbocycles. The molecule has 0 aromatic heterocycles. The van der Waals surface area contributed by atoms with E-state index < -0.39 is 0 Å². The number of piperazine rings is 1. The van der Waals surface area contributed by atoms with E-state index >= 15 is 0 Å². The second-order valence-corrected chi connectivity index (χ2v) is 8.45. The Morgan fingerprint density at radius 2 is 1.72 bits per heavy atom. The maximum atomic E-state index is 12.5. The number of carbonyl (C=O) groups excluding carboxylic acids is 2. The Morgan fingerprint density at radius 3 is 2.41 bits per heavy atom. The number of rotatable bonds is 8. The number of benzene rings is 1. The van der Waals surface area contributed by atoms with Gasteiger partial charge in [-0.25, -0.2) is 0 Å². The molecule has 0 unspecified atom stereocenters. The van der Waals surface area contributed by atoms with Crippen molar-refractivity contribution in [2.24, 2.45) is 5.92 Å². The Hall–Kier alpha value is -1.79. The quantitative estimate of drug-likeness (QED) is 0.655. The van der Waals surface area contributed by atoms with Gasteiger partial charge in [0.1, 0.15) is 12.4 Å². The van der Waals surface area contributed by atoms with E-state index in [0.717, 1.165) is 31.9 Å². The van der Waals surface area contributed by atoms with Crippen LogP contribution in [0.3, 0.4) is 0 Å². The summed E-state index contributed by atoms with van der Waals surface area (Å²) in [6.07, 6.45) is 6.96. The van der Waals surface area contributed by atoms with Crippen LogP contribution >= 0.6 is 11.6 Å². The van der Waals surface area contributed by atoms with Crippen LogP contribution < -0.4 is 10.1 Å². The van der Waals surface area contributed by atoms with E-state index in [-0.39, 0.29) is 5.91 Å². The SMILES string of the molecule is O=C(CN1CCN(C(=O)CC2CCCCC2)CC1)NCCOc1ccc(Cl)cc1. The normalized spacial score (nSPS) is 18.4. The van der Waals surface area contributed by atoms with E-state index in [0.29, 0.717) is 43.0 Å². The second-order valence-electron chi connectivity index (χ2n) is 8.02. The molecule has 2 fully saturated rings. The molecule has 0 radical (unpaired) electrons. The molecular weight excluding hydrogens is 390 g/mol. The predicted molar refractivity (Wildman–Crippen MR) is 114 cm³/mol. The highest BCUT2D eigenvalue weighted by molar-refractivity contribution is 6.30. The van der Waals surface area contributed by atoms with Gasteiger partial charge in [-0.15, -0.1) is 0 Å². The Morgan fingerprint density at radius 1 is 1.03 bits per heavy atom. The zero-order chi connectivity index (χ0) is 20.5. The molecule has 1 heterocycles. The van der Waals surface area contributed by atoms with Gasteiger partial charge >= 0.3 is 0 Å². The van der Waals surface area contributed by atoms with Crippen LogP contribution in [0, 0.1) is 5.92 Å². The van der Waals surface area contributed by atoms with Gasteiger partial charge in [0.2, 0.25) is 11.8 Å². The van der Waals surface area contributed by atoms with Crippen LogP contribution in [0.2, 0.25) is 5.02 Å². The largest absolute Gasteiger partial charge is 0.492 e. The third-order valence-electron chi connectivity index (χ3n) is 5.79. The number of ether oxygens (including phenoxy) is 1. The fourth-order valence-corrected chi connectivity index (χ4v) is 4.20. The van der Waals surface area contributed by atoms with Gasteiger partial charge in [-0.3, -0.25) is 14.5 Å². The van der Waals surface area contributed by atoms with Crippen molar-refractivity contribution < 1.29 is 14.3 Å². The summed E-state index contributed by atoms with van der Waals surface area (Å²) in [6, 6.07) is 7.16. The van der Waals surface area contributed by atoms with Crippen LogP contribution in [0.15, 0.2) is 24.3 Å². The molecule has 7 heteroatoms. The van der Waals surface area contributed by atoms with Crippen molar-refractivity contribution in [2.75, 3.05) is 45.9 Å². The molecule has 1 saturated heterocycles. The minimum absolute atomic E-state index is 0.00770. The first-order valence-electron chi connectivity index (χ1n) is 10.8. The molecule has 1 aliphatic heterocycles. The van der Waals surface area contributed by atoms with Gasteiger partial charge in [0.15, 0.2) is 0 Å². The van der Waals surface area contributed by atoms with Crippen molar-refractivity contribution in [3.63, 3.8) is 0 Å². The van der Waals surface area contributed by atoms with Gasteiger partial charge in [0, 0.05) is 37.6 Å². The molecule has 1 N–H and O–H groups in total. The van der Waals surface area contributed by atoms with Gasteiger partial charge in [0.05, 0.1) is 13.1 Å². The average molecular weight is 422 g/mol. The maximum absolute atomic E-state index is 12.5. The van der Waals surface area contributed by atoms with E-state index in [2.05, 4.69) is 10.2 Å². The van der Waals surface area contributed by atoms with Gasteiger partial charge in [-0.1, -0.05) is 30.9 Å². The van der Waals surface area contributed by atoms with Crippen LogP contribution in [-0.4, -0.2) is 67.5 Å². The van der Waals surface area contributed by atoms with Gasteiger partial charge in [-0.2, -0.15) is 0 Å². The van der Waals surface area contributed by atoms with E-state index in [1.807, 2.05) is 4.90 Å². The smallest absolute Gasteiger partial charge is 0.234 e. The number of hydrogen-bond donors (Lipinski definition) is 1. The summed E-state index contributed by atoms with van der Waals surface area (Å²) in [5.41, 5.74) is 0. The van der Waals surface area contributed by atoms with Crippen LogP contribution in [0.1, 0.15) is 38.5 Å². The highest BCUT2D eigenvalue weighted by Gasteiger charge is 2.25. The zero-order valence-corrected chi connectivity index (χ0v) is 17.8. The van der Waals surface area contributed by atoms with Crippen molar-refractivity contribution in [3.8, 4) is 5.75 Å². The van der Waals surface area contributed by atoms with E-state index in [1.165, 1.54) is 32.1 Å². The molecule has 1 aromatic rings. The monoisotopic (exact) mass is 421 g/mol.